The molecule has 2 N–H and O–H groups in total. The molecule has 5 aliphatic heterocycles. The Morgan fingerprint density at radius 2 is 1.78 bits per heavy atom. The molecule has 59 heavy (non-hydrogen) atoms. The van der Waals surface area contributed by atoms with E-state index in [9.17, 15) is 14.7 Å². The molecule has 1 aliphatic carbocycles. The summed E-state index contributed by atoms with van der Waals surface area (Å²) in [6.07, 6.45) is 4.04. The summed E-state index contributed by atoms with van der Waals surface area (Å²) in [4.78, 5) is 52.5. The van der Waals surface area contributed by atoms with Gasteiger partial charge in [0.2, 0.25) is 11.5 Å². The summed E-state index contributed by atoms with van der Waals surface area (Å²) in [5.41, 5.74) is -1.64. The van der Waals surface area contributed by atoms with Crippen molar-refractivity contribution < 1.29 is 47.2 Å². The molecular formula is C45H54F2N4O8. The zero-order valence-corrected chi connectivity index (χ0v) is 34.8. The highest BCUT2D eigenvalue weighted by Crippen LogP contribution is 2.68. The topological polar surface area (TPSA) is 134 Å². The Kier molecular flexibility index (Phi) is 9.12. The van der Waals surface area contributed by atoms with Crippen molar-refractivity contribution in [1.82, 2.24) is 14.8 Å². The lowest BCUT2D eigenvalue weighted by molar-refractivity contribution is -0.228. The van der Waals surface area contributed by atoms with Gasteiger partial charge in [-0.25, -0.2) is 13.6 Å². The predicted molar refractivity (Wildman–Crippen MR) is 214 cm³/mol. The number of ether oxygens (including phenoxy) is 4. The number of halogens is 2. The van der Waals surface area contributed by atoms with Crippen molar-refractivity contribution in [1.29, 1.82) is 0 Å². The number of piperidine rings is 1. The number of para-hydroxylation sites is 1. The van der Waals surface area contributed by atoms with Gasteiger partial charge in [0.05, 0.1) is 27.4 Å². The first-order chi connectivity index (χ1) is 28.1. The minimum absolute atomic E-state index is 0.155. The van der Waals surface area contributed by atoms with Gasteiger partial charge in [0, 0.05) is 96.9 Å². The molecule has 3 fully saturated rings. The zero-order chi connectivity index (χ0) is 42.0. The van der Waals surface area contributed by atoms with Crippen molar-refractivity contribution in [2.45, 2.75) is 93.5 Å². The molecule has 6 heterocycles. The Morgan fingerprint density at radius 1 is 1.03 bits per heavy atom. The van der Waals surface area contributed by atoms with Crippen LogP contribution < -0.4 is 9.64 Å². The number of alkyl halides is 2. The van der Waals surface area contributed by atoms with Crippen molar-refractivity contribution in [2.24, 2.45) is 17.3 Å². The first-order valence-corrected chi connectivity index (χ1v) is 20.7. The second kappa shape index (κ2) is 13.5. The van der Waals surface area contributed by atoms with Crippen molar-refractivity contribution >= 4 is 34.5 Å². The van der Waals surface area contributed by atoms with Crippen molar-refractivity contribution in [3.8, 4) is 5.75 Å². The van der Waals surface area contributed by atoms with Crippen molar-refractivity contribution in [2.75, 3.05) is 59.5 Å². The van der Waals surface area contributed by atoms with Crippen LogP contribution in [0.25, 0.3) is 10.9 Å². The maximum Gasteiger partial charge on any atom is 0.344 e. The Hall–Kier alpha value is -4.53. The third-order valence-corrected chi connectivity index (χ3v) is 15.3. The third kappa shape index (κ3) is 5.17. The standard InChI is InChI=1S/C45H54F2N4O8/c1-8-42-14-11-16-51-17-15-43(36(42)51)30-19-31(34(56-5)20-33(30)49(4)37(43)45(55,40(54)58-7)38(42)59-25(2)52)44(39(53)57-6)21-26-18-27(41(3,46)47)23-50(22-26)24-29-28-12-9-10-13-32(28)48-35(29)44/h9-14,19-20,26-27,36-38,48,55H,8,15-18,21-24H2,1-7H3/t26?,27-,36+,37-,38-,42-,43-,44+,45-/m1/s1. The number of hydrogen-bond acceptors (Lipinski definition) is 11. The normalized spacial score (nSPS) is 35.8. The number of rotatable bonds is 7. The molecule has 0 amide bonds. The fourth-order valence-electron chi connectivity index (χ4n) is 13.2. The molecular weight excluding hydrogens is 763 g/mol. The highest BCUT2D eigenvalue weighted by Gasteiger charge is 2.80. The second-order valence-corrected chi connectivity index (χ2v) is 18.0. The minimum Gasteiger partial charge on any atom is -0.496 e. The van der Waals surface area contributed by atoms with Crippen LogP contribution in [0, 0.1) is 17.3 Å². The minimum atomic E-state index is -2.94. The van der Waals surface area contributed by atoms with Gasteiger partial charge < -0.3 is 33.9 Å². The molecule has 1 saturated carbocycles. The Bertz CT molecular complexity index is 2270. The molecule has 2 unspecified atom stereocenters. The van der Waals surface area contributed by atoms with Gasteiger partial charge >= 0.3 is 17.9 Å². The van der Waals surface area contributed by atoms with Gasteiger partial charge in [-0.1, -0.05) is 37.3 Å². The number of aromatic nitrogens is 1. The van der Waals surface area contributed by atoms with E-state index in [1.165, 1.54) is 28.3 Å². The molecule has 3 aromatic rings. The van der Waals surface area contributed by atoms with E-state index in [1.54, 1.807) is 0 Å². The highest BCUT2D eigenvalue weighted by molar-refractivity contribution is 5.95. The lowest BCUT2D eigenvalue weighted by atomic mass is 9.47. The number of H-pyrrole nitrogens is 1. The van der Waals surface area contributed by atoms with Gasteiger partial charge in [-0.2, -0.15) is 0 Å². The maximum atomic E-state index is 15.3. The lowest BCUT2D eigenvalue weighted by Gasteiger charge is -2.63. The summed E-state index contributed by atoms with van der Waals surface area (Å²) in [5.74, 6) is -5.92. The number of aromatic amines is 1. The molecule has 12 nitrogen and oxygen atoms in total. The number of fused-ring (bicyclic) bond motifs is 6. The van der Waals surface area contributed by atoms with E-state index in [0.29, 0.717) is 61.7 Å². The smallest absolute Gasteiger partial charge is 0.344 e. The summed E-state index contributed by atoms with van der Waals surface area (Å²) in [5, 5.41) is 14.2. The Balaban J connectivity index is 1.35. The Morgan fingerprint density at radius 3 is 2.46 bits per heavy atom. The molecule has 9 rings (SSSR count). The molecule has 1 spiro atoms. The van der Waals surface area contributed by atoms with E-state index < -0.39 is 63.7 Å². The quantitative estimate of drug-likeness (QED) is 0.188. The number of nitrogens with zero attached hydrogens (tertiary/aromatic N) is 3. The number of nitrogens with one attached hydrogen (secondary N) is 1. The van der Waals surface area contributed by atoms with Gasteiger partial charge in [0.25, 0.3) is 0 Å². The monoisotopic (exact) mass is 816 g/mol. The SMILES string of the molecule is CC[C@]12C=CCN3CC[C@@]4(c5cc([C@@]6(C(=O)OC)CC7C[C@@H](C(C)(F)F)CN(Cc8c6[nH]c6ccccc86)C7)c(OC)cc5N(C)[C@H]4[C@](O)(C(=O)OC)[C@@H]1OC(C)=O)[C@@H]32. The number of anilines is 1. The number of likely N-dealkylation sites (N-methyl/N-ethyl adjacent to an activating group) is 1. The summed E-state index contributed by atoms with van der Waals surface area (Å²) in [6.45, 7) is 6.55. The number of esters is 3. The molecule has 10 atom stereocenters. The van der Waals surface area contributed by atoms with Gasteiger partial charge in [-0.3, -0.25) is 19.4 Å². The summed E-state index contributed by atoms with van der Waals surface area (Å²) in [7, 11) is 5.94. The molecule has 6 aliphatic rings. The van der Waals surface area contributed by atoms with Crippen molar-refractivity contribution in [3.05, 3.63) is 70.9 Å². The number of aliphatic hydroxyl groups is 1. The van der Waals surface area contributed by atoms with Crippen LogP contribution in [-0.2, 0) is 46.0 Å². The fourth-order valence-corrected chi connectivity index (χ4v) is 13.2. The van der Waals surface area contributed by atoms with Gasteiger partial charge in [-0.05, 0) is 68.3 Å². The van der Waals surface area contributed by atoms with Crippen LogP contribution in [0.1, 0.15) is 68.8 Å². The van der Waals surface area contributed by atoms with Crippen LogP contribution in [0.2, 0.25) is 0 Å². The third-order valence-electron chi connectivity index (χ3n) is 15.3. The Labute approximate surface area is 342 Å². The summed E-state index contributed by atoms with van der Waals surface area (Å²) >= 11 is 0. The second-order valence-electron chi connectivity index (χ2n) is 18.0. The average Bonchev–Trinajstić information content (AvgIpc) is 3.86. The predicted octanol–water partition coefficient (Wildman–Crippen LogP) is 5.08. The number of methoxy groups -OCH3 is 3. The van der Waals surface area contributed by atoms with Crippen LogP contribution >= 0.6 is 0 Å². The van der Waals surface area contributed by atoms with Crippen molar-refractivity contribution in [3.63, 3.8) is 0 Å². The molecule has 2 aromatic carbocycles. The maximum absolute atomic E-state index is 15.3. The van der Waals surface area contributed by atoms with Crippen LogP contribution in [0.15, 0.2) is 48.6 Å². The van der Waals surface area contributed by atoms with Crippen LogP contribution in [0.3, 0.4) is 0 Å². The number of benzene rings is 2. The highest BCUT2D eigenvalue weighted by atomic mass is 19.3. The lowest BCUT2D eigenvalue weighted by Crippen LogP contribution is -2.81. The molecule has 0 radical (unpaired) electrons. The molecule has 14 heteroatoms. The van der Waals surface area contributed by atoms with Crippen LogP contribution in [-0.4, -0.2) is 122 Å². The average molecular weight is 817 g/mol. The molecule has 2 saturated heterocycles. The summed E-state index contributed by atoms with van der Waals surface area (Å²) < 4.78 is 54.3. The van der Waals surface area contributed by atoms with Gasteiger partial charge in [-0.15, -0.1) is 0 Å². The number of hydrogen-bond donors (Lipinski definition) is 2. The number of carbonyl (C=O) groups excluding carboxylic acids is 3. The van der Waals surface area contributed by atoms with E-state index in [2.05, 4.69) is 14.8 Å². The molecule has 1 aromatic heterocycles. The van der Waals surface area contributed by atoms with E-state index in [-0.39, 0.29) is 31.3 Å². The first kappa shape index (κ1) is 39.9. The first-order valence-electron chi connectivity index (χ1n) is 20.7. The fraction of sp³-hybridized carbons (Fsp3) is 0.578. The largest absolute Gasteiger partial charge is 0.496 e. The van der Waals surface area contributed by atoms with E-state index >= 15 is 13.6 Å². The summed E-state index contributed by atoms with van der Waals surface area (Å²) in [6, 6.07) is 10.3. The van der Waals surface area contributed by atoms with Gasteiger partial charge in [0.15, 0.2) is 6.10 Å². The van der Waals surface area contributed by atoms with E-state index in [0.717, 1.165) is 29.0 Å². The van der Waals surface area contributed by atoms with Crippen LogP contribution in [0.4, 0.5) is 14.5 Å². The molecule has 316 valence electrons. The van der Waals surface area contributed by atoms with Gasteiger partial charge in [0.1, 0.15) is 11.2 Å². The van der Waals surface area contributed by atoms with Crippen LogP contribution in [0.5, 0.6) is 5.75 Å². The molecule has 2 bridgehead atoms. The number of carbonyl (C=O) groups is 3. The van der Waals surface area contributed by atoms with E-state index in [1.807, 2.05) is 67.4 Å². The zero-order valence-electron chi connectivity index (χ0n) is 34.8. The van der Waals surface area contributed by atoms with E-state index in [4.69, 9.17) is 18.9 Å².